The first-order chi connectivity index (χ1) is 17.0. The molecule has 35 heavy (non-hydrogen) atoms. The van der Waals surface area contributed by atoms with Crippen molar-refractivity contribution in [1.82, 2.24) is 9.29 Å². The van der Waals surface area contributed by atoms with Crippen LogP contribution < -0.4 is 10.0 Å². The van der Waals surface area contributed by atoms with Crippen LogP contribution in [-0.4, -0.2) is 19.5 Å². The molecule has 3 atom stereocenters. The Hall–Kier alpha value is -3.09. The first-order valence-corrected chi connectivity index (χ1v) is 14.1. The second-order valence-corrected chi connectivity index (χ2v) is 11.4. The van der Waals surface area contributed by atoms with E-state index < -0.39 is 10.0 Å². The van der Waals surface area contributed by atoms with Crippen LogP contribution in [0, 0.1) is 5.92 Å². The normalized spacial score (nSPS) is 21.3. The Labute approximate surface area is 206 Å². The number of hydrogen-bond donors (Lipinski definition) is 2. The molecular weight excluding hydrogens is 454 g/mol. The van der Waals surface area contributed by atoms with Crippen LogP contribution >= 0.6 is 0 Å². The maximum absolute atomic E-state index is 12.8. The van der Waals surface area contributed by atoms with Crippen molar-refractivity contribution in [2.24, 2.45) is 5.92 Å². The smallest absolute Gasteiger partial charge is 0.240 e. The molecule has 6 heteroatoms. The van der Waals surface area contributed by atoms with E-state index in [-0.39, 0.29) is 12.0 Å². The van der Waals surface area contributed by atoms with Crippen molar-refractivity contribution in [3.05, 3.63) is 83.9 Å². The van der Waals surface area contributed by atoms with Crippen molar-refractivity contribution in [2.75, 3.05) is 11.9 Å². The van der Waals surface area contributed by atoms with Crippen LogP contribution in [0.5, 0.6) is 0 Å². The number of para-hydroxylation sites is 1. The van der Waals surface area contributed by atoms with Gasteiger partial charge in [-0.15, -0.1) is 0 Å². The molecule has 6 rings (SSSR count). The van der Waals surface area contributed by atoms with Crippen LogP contribution in [0.2, 0.25) is 0 Å². The molecule has 0 spiro atoms. The van der Waals surface area contributed by atoms with E-state index in [1.54, 1.807) is 6.07 Å². The summed E-state index contributed by atoms with van der Waals surface area (Å²) >= 11 is 0. The first kappa shape index (κ1) is 22.4. The average Bonchev–Trinajstić information content (AvgIpc) is 3.49. The van der Waals surface area contributed by atoms with Crippen molar-refractivity contribution >= 4 is 37.5 Å². The molecule has 1 aliphatic carbocycles. The molecule has 0 fully saturated rings. The number of fused-ring (bicyclic) bond motifs is 6. The summed E-state index contributed by atoms with van der Waals surface area (Å²) in [5, 5.41) is 6.36. The fourth-order valence-electron chi connectivity index (χ4n) is 5.99. The Morgan fingerprint density at radius 1 is 1.00 bits per heavy atom. The minimum Gasteiger partial charge on any atom is -0.378 e. The standard InChI is InChI=1S/C29H31N3O2S/c1-3-16-30-35(33,34)20-13-14-26-24(18-20)21-9-7-10-23(21)29(31-26)19-12-15-28-25(17-19)22-8-5-6-11-27(22)32(28)4-2/h5-9,11-15,17-18,21,23,29-31H,3-4,10,16H2,1-2H3. The van der Waals surface area contributed by atoms with Gasteiger partial charge in [0.1, 0.15) is 0 Å². The van der Waals surface area contributed by atoms with Crippen molar-refractivity contribution in [3.63, 3.8) is 0 Å². The number of aryl methyl sites for hydroxylation is 1. The number of aromatic nitrogens is 1. The lowest BCUT2D eigenvalue weighted by molar-refractivity contribution is 0.425. The summed E-state index contributed by atoms with van der Waals surface area (Å²) in [6.45, 7) is 5.54. The second kappa shape index (κ2) is 8.54. The number of sulfonamides is 1. The summed E-state index contributed by atoms with van der Waals surface area (Å²) in [5.41, 5.74) is 5.91. The highest BCUT2D eigenvalue weighted by Gasteiger charge is 2.38. The molecule has 2 aliphatic rings. The molecule has 0 radical (unpaired) electrons. The van der Waals surface area contributed by atoms with Gasteiger partial charge in [-0.25, -0.2) is 13.1 Å². The molecule has 1 aliphatic heterocycles. The van der Waals surface area contributed by atoms with E-state index in [1.807, 2.05) is 19.1 Å². The molecule has 3 unspecified atom stereocenters. The summed E-state index contributed by atoms with van der Waals surface area (Å²) in [7, 11) is -3.50. The largest absolute Gasteiger partial charge is 0.378 e. The van der Waals surface area contributed by atoms with Gasteiger partial charge in [0.05, 0.1) is 10.9 Å². The Bertz CT molecular complexity index is 1570. The highest BCUT2D eigenvalue weighted by atomic mass is 32.2. The molecule has 1 aromatic heterocycles. The number of benzene rings is 3. The number of rotatable bonds is 6. The van der Waals surface area contributed by atoms with Gasteiger partial charge >= 0.3 is 0 Å². The third-order valence-corrected chi connectivity index (χ3v) is 9.12. The van der Waals surface area contributed by atoms with Gasteiger partial charge in [-0.1, -0.05) is 43.3 Å². The van der Waals surface area contributed by atoms with Crippen molar-refractivity contribution in [1.29, 1.82) is 0 Å². The highest BCUT2D eigenvalue weighted by molar-refractivity contribution is 7.89. The Balaban J connectivity index is 1.42. The van der Waals surface area contributed by atoms with E-state index in [0.717, 1.165) is 30.6 Å². The topological polar surface area (TPSA) is 63.1 Å². The maximum atomic E-state index is 12.8. The zero-order chi connectivity index (χ0) is 24.2. The van der Waals surface area contributed by atoms with Gasteiger partial charge in [-0.3, -0.25) is 0 Å². The van der Waals surface area contributed by atoms with Crippen molar-refractivity contribution in [2.45, 2.75) is 50.1 Å². The number of anilines is 1. The van der Waals surface area contributed by atoms with Gasteiger partial charge < -0.3 is 9.88 Å². The third kappa shape index (κ3) is 3.58. The van der Waals surface area contributed by atoms with E-state index in [9.17, 15) is 8.42 Å². The molecule has 2 N–H and O–H groups in total. The predicted octanol–water partition coefficient (Wildman–Crippen LogP) is 6.33. The molecule has 0 amide bonds. The molecule has 5 nitrogen and oxygen atoms in total. The molecule has 2 heterocycles. The van der Waals surface area contributed by atoms with Crippen LogP contribution in [0.1, 0.15) is 49.8 Å². The molecule has 3 aromatic carbocycles. The monoisotopic (exact) mass is 485 g/mol. The molecule has 180 valence electrons. The zero-order valence-corrected chi connectivity index (χ0v) is 21.0. The summed E-state index contributed by atoms with van der Waals surface area (Å²) in [6, 6.07) is 21.2. The van der Waals surface area contributed by atoms with E-state index in [4.69, 9.17) is 0 Å². The Morgan fingerprint density at radius 2 is 1.83 bits per heavy atom. The SMILES string of the molecule is CCCNS(=O)(=O)c1ccc2c(c1)C1C=CCC1C(c1ccc3c(c1)c1ccccc1n3CC)N2. The lowest BCUT2D eigenvalue weighted by Crippen LogP contribution is -2.30. The molecule has 4 aromatic rings. The Kier molecular flexibility index (Phi) is 5.46. The quantitative estimate of drug-likeness (QED) is 0.314. The minimum atomic E-state index is -3.50. The minimum absolute atomic E-state index is 0.163. The summed E-state index contributed by atoms with van der Waals surface area (Å²) in [6.07, 6.45) is 6.25. The van der Waals surface area contributed by atoms with Crippen molar-refractivity contribution < 1.29 is 8.42 Å². The van der Waals surface area contributed by atoms with E-state index >= 15 is 0 Å². The molecule has 0 saturated heterocycles. The summed E-state index contributed by atoms with van der Waals surface area (Å²) in [4.78, 5) is 0.345. The van der Waals surface area contributed by atoms with Crippen molar-refractivity contribution in [3.8, 4) is 0 Å². The van der Waals surface area contributed by atoms with Gasteiger partial charge in [0, 0.05) is 46.5 Å². The molecule has 0 saturated carbocycles. The van der Waals surface area contributed by atoms with Crippen LogP contribution in [0.4, 0.5) is 5.69 Å². The number of nitrogens with one attached hydrogen (secondary N) is 2. The van der Waals surface area contributed by atoms with Gasteiger partial charge in [-0.2, -0.15) is 0 Å². The molecule has 0 bridgehead atoms. The predicted molar refractivity (Wildman–Crippen MR) is 143 cm³/mol. The summed E-state index contributed by atoms with van der Waals surface area (Å²) < 4.78 is 30.6. The van der Waals surface area contributed by atoms with E-state index in [0.29, 0.717) is 17.4 Å². The van der Waals surface area contributed by atoms with Crippen LogP contribution in [-0.2, 0) is 16.6 Å². The lowest BCUT2D eigenvalue weighted by atomic mass is 9.77. The number of hydrogen-bond acceptors (Lipinski definition) is 3. The van der Waals surface area contributed by atoms with E-state index in [2.05, 4.69) is 76.1 Å². The van der Waals surface area contributed by atoms with Gasteiger partial charge in [0.15, 0.2) is 0 Å². The first-order valence-electron chi connectivity index (χ1n) is 12.6. The van der Waals surface area contributed by atoms with Gasteiger partial charge in [-0.05, 0) is 73.2 Å². The van der Waals surface area contributed by atoms with Crippen LogP contribution in [0.3, 0.4) is 0 Å². The number of allylic oxidation sites excluding steroid dienone is 2. The highest BCUT2D eigenvalue weighted by Crippen LogP contribution is 2.50. The number of nitrogens with zero attached hydrogens (tertiary/aromatic N) is 1. The van der Waals surface area contributed by atoms with Crippen LogP contribution in [0.25, 0.3) is 21.8 Å². The fraction of sp³-hybridized carbons (Fsp3) is 0.310. The van der Waals surface area contributed by atoms with E-state index in [1.165, 1.54) is 27.4 Å². The summed E-state index contributed by atoms with van der Waals surface area (Å²) in [5.74, 6) is 0.547. The average molecular weight is 486 g/mol. The fourth-order valence-corrected chi connectivity index (χ4v) is 7.16. The second-order valence-electron chi connectivity index (χ2n) is 9.66. The van der Waals surface area contributed by atoms with Gasteiger partial charge in [0.2, 0.25) is 10.0 Å². The third-order valence-electron chi connectivity index (χ3n) is 7.66. The lowest BCUT2D eigenvalue weighted by Gasteiger charge is -2.37. The Morgan fingerprint density at radius 3 is 2.66 bits per heavy atom. The van der Waals surface area contributed by atoms with Gasteiger partial charge in [0.25, 0.3) is 0 Å². The molecular formula is C29H31N3O2S. The van der Waals surface area contributed by atoms with Crippen LogP contribution in [0.15, 0.2) is 77.7 Å². The zero-order valence-electron chi connectivity index (χ0n) is 20.2. The maximum Gasteiger partial charge on any atom is 0.240 e.